The van der Waals surface area contributed by atoms with Crippen LogP contribution in [-0.4, -0.2) is 105 Å². The number of alkyl halides is 3. The van der Waals surface area contributed by atoms with Crippen molar-refractivity contribution < 1.29 is 47.3 Å². The van der Waals surface area contributed by atoms with Crippen molar-refractivity contribution in [2.45, 2.75) is 195 Å². The predicted molar refractivity (Wildman–Crippen MR) is 253 cm³/mol. The molecule has 360 valence electrons. The van der Waals surface area contributed by atoms with Gasteiger partial charge in [-0.15, -0.1) is 13.2 Å². The van der Waals surface area contributed by atoms with Crippen LogP contribution in [0.25, 0.3) is 0 Å². The van der Waals surface area contributed by atoms with E-state index in [0.29, 0.717) is 12.8 Å². The smallest absolute Gasteiger partial charge is 0.429 e. The zero-order valence-electron chi connectivity index (χ0n) is 38.3. The van der Waals surface area contributed by atoms with E-state index in [4.69, 9.17) is 78.1 Å². The number of amides is 1. The van der Waals surface area contributed by atoms with E-state index in [9.17, 15) is 9.36 Å². The predicted octanol–water partition coefficient (Wildman–Crippen LogP) is 12.3. The number of hydrogen-bond acceptors (Lipinski definition) is 11. The van der Waals surface area contributed by atoms with Crippen LogP contribution >= 0.6 is 42.6 Å². The first-order valence-corrected chi connectivity index (χ1v) is 25.7. The minimum Gasteiger partial charge on any atom is -0.446 e. The van der Waals surface area contributed by atoms with Gasteiger partial charge in [0.05, 0.1) is 25.9 Å². The molecule has 1 fully saturated rings. The van der Waals surface area contributed by atoms with Gasteiger partial charge in [0.2, 0.25) is 18.1 Å². The molecule has 16 heteroatoms. The minimum atomic E-state index is -2.26. The van der Waals surface area contributed by atoms with Crippen LogP contribution in [0, 0.1) is 5.41 Å². The highest BCUT2D eigenvalue weighted by Crippen LogP contribution is 2.37. The maximum atomic E-state index is 13.8. The fourth-order valence-electron chi connectivity index (χ4n) is 7.07. The molecule has 0 aromatic heterocycles. The van der Waals surface area contributed by atoms with Gasteiger partial charge in [-0.25, -0.2) is 0 Å². The molecule has 0 radical (unpaired) electrons. The average Bonchev–Trinajstić information content (AvgIpc) is 3.24. The van der Waals surface area contributed by atoms with Crippen LogP contribution in [0.2, 0.25) is 0 Å². The summed E-state index contributed by atoms with van der Waals surface area (Å²) in [4.78, 5) is 13.8. The summed E-state index contributed by atoms with van der Waals surface area (Å²) in [7, 11) is 0.904. The van der Waals surface area contributed by atoms with Gasteiger partial charge in [0.25, 0.3) is 10.1 Å². The molecule has 1 aliphatic rings. The van der Waals surface area contributed by atoms with E-state index in [1.54, 1.807) is 13.2 Å². The number of methoxy groups -OCH3 is 2. The van der Waals surface area contributed by atoms with Gasteiger partial charge in [0.1, 0.15) is 24.4 Å². The molecule has 1 heterocycles. The van der Waals surface area contributed by atoms with Crippen molar-refractivity contribution in [3.8, 4) is 0 Å². The maximum Gasteiger partial charge on any atom is 0.429 e. The lowest BCUT2D eigenvalue weighted by Crippen LogP contribution is -2.67. The molecule has 12 nitrogen and oxygen atoms in total. The van der Waals surface area contributed by atoms with Crippen LogP contribution in [0.1, 0.15) is 149 Å². The summed E-state index contributed by atoms with van der Waals surface area (Å²) in [6.45, 7) is 12.2. The number of ether oxygens (including phenoxy) is 8. The Morgan fingerprint density at radius 1 is 0.839 bits per heavy atom. The molecule has 0 spiro atoms. The first-order chi connectivity index (χ1) is 30.0. The lowest BCUT2D eigenvalue weighted by molar-refractivity contribution is -0.286. The number of unbranched alkanes of at least 4 members (excludes halogenated alkanes) is 15. The molecular formula is C46H81Cl3N2O10P+. The third-order valence-corrected chi connectivity index (χ3v) is 12.2. The number of allylic oxidation sites excluding steroid dienone is 2. The topological polar surface area (TPSA) is 144 Å². The lowest BCUT2D eigenvalue weighted by atomic mass is 9.95. The number of nitrogens with one attached hydrogen (secondary N) is 2. The standard InChI is InChI=1S/C46H80Cl3N2O10P/c1-7-11-13-15-16-17-18-19-20-21-22-23-24-26-28-30-39(52)51-40-42(57-34-31-37(55-6)29-27-25-14-12-8-2)41(60-45(58-33-10-4)62(53)36-56-32-9-3)38(35-54-5)59-43(40)61-44(50)46(47,48)49/h9-10,17-18,37-38,40-43,45,50H,3-4,7-8,11-16,19-36H2,1-2,5-6H3/p+1/b18-17-,50-44?/t37-,38-,40-,41-,42-,43?,45?/m1/s1. The molecule has 1 aliphatic heterocycles. The maximum absolute atomic E-state index is 13.8. The van der Waals surface area contributed by atoms with Crippen LogP contribution < -0.4 is 5.32 Å². The zero-order chi connectivity index (χ0) is 45.9. The molecule has 1 saturated heterocycles. The van der Waals surface area contributed by atoms with Crippen molar-refractivity contribution in [3.05, 3.63) is 37.5 Å². The molecule has 0 aromatic carbocycles. The summed E-state index contributed by atoms with van der Waals surface area (Å²) in [6.07, 6.45) is 25.2. The number of carbonyl (C=O) groups is 1. The highest BCUT2D eigenvalue weighted by atomic mass is 35.6. The van der Waals surface area contributed by atoms with Gasteiger partial charge < -0.3 is 43.2 Å². The average molecular weight is 959 g/mol. The van der Waals surface area contributed by atoms with E-state index < -0.39 is 54.2 Å². The molecule has 3 unspecified atom stereocenters. The molecule has 1 amide bonds. The Morgan fingerprint density at radius 3 is 2.03 bits per heavy atom. The van der Waals surface area contributed by atoms with Gasteiger partial charge in [0, 0.05) is 27.2 Å². The van der Waals surface area contributed by atoms with Crippen LogP contribution in [-0.2, 0) is 47.3 Å². The van der Waals surface area contributed by atoms with Crippen molar-refractivity contribution in [1.29, 1.82) is 5.41 Å². The zero-order valence-corrected chi connectivity index (χ0v) is 41.5. The number of carbonyl (C=O) groups excluding carboxylic acids is 1. The summed E-state index contributed by atoms with van der Waals surface area (Å²) >= 11 is 18.2. The summed E-state index contributed by atoms with van der Waals surface area (Å²) < 4.78 is 59.5. The van der Waals surface area contributed by atoms with Crippen molar-refractivity contribution >= 4 is 54.4 Å². The molecule has 0 aliphatic carbocycles. The molecule has 1 rings (SSSR count). The number of halogens is 3. The van der Waals surface area contributed by atoms with E-state index in [1.165, 1.54) is 77.4 Å². The van der Waals surface area contributed by atoms with Crippen LogP contribution in [0.4, 0.5) is 0 Å². The first-order valence-electron chi connectivity index (χ1n) is 23.0. The Morgan fingerprint density at radius 2 is 1.44 bits per heavy atom. The van der Waals surface area contributed by atoms with Gasteiger partial charge in [0.15, 0.2) is 0 Å². The first kappa shape index (κ1) is 58.9. The Bertz CT molecular complexity index is 1230. The van der Waals surface area contributed by atoms with Gasteiger partial charge >= 0.3 is 13.8 Å². The van der Waals surface area contributed by atoms with E-state index in [2.05, 4.69) is 44.5 Å². The largest absolute Gasteiger partial charge is 0.446 e. The van der Waals surface area contributed by atoms with Gasteiger partial charge in [-0.05, 0) is 44.9 Å². The highest BCUT2D eigenvalue weighted by Gasteiger charge is 2.53. The number of rotatable bonds is 40. The second-order valence-electron chi connectivity index (χ2n) is 15.8. The third kappa shape index (κ3) is 27.4. The van der Waals surface area contributed by atoms with Crippen molar-refractivity contribution in [1.82, 2.24) is 5.32 Å². The molecule has 0 saturated carbocycles. The summed E-state index contributed by atoms with van der Waals surface area (Å²) in [5.41, 5.74) is 0. The number of hydrogen-bond donors (Lipinski definition) is 2. The Kier molecular flexibility index (Phi) is 36.1. The Hall–Kier alpha value is -1.15. The quantitative estimate of drug-likeness (QED) is 0.0116. The summed E-state index contributed by atoms with van der Waals surface area (Å²) in [5, 5.41) is 11.5. The van der Waals surface area contributed by atoms with E-state index >= 15 is 0 Å². The van der Waals surface area contributed by atoms with Crippen LogP contribution in [0.15, 0.2) is 37.5 Å². The van der Waals surface area contributed by atoms with Crippen LogP contribution in [0.5, 0.6) is 0 Å². The molecule has 0 bridgehead atoms. The van der Waals surface area contributed by atoms with Crippen LogP contribution in [0.3, 0.4) is 0 Å². The van der Waals surface area contributed by atoms with Crippen molar-refractivity contribution in [3.63, 3.8) is 0 Å². The lowest BCUT2D eigenvalue weighted by Gasteiger charge is -2.46. The van der Waals surface area contributed by atoms with Gasteiger partial charge in [-0.1, -0.05) is 161 Å². The summed E-state index contributed by atoms with van der Waals surface area (Å²) in [6, 6.07) is -2.37. The van der Waals surface area contributed by atoms with Crippen molar-refractivity contribution in [2.24, 2.45) is 0 Å². The third-order valence-electron chi connectivity index (χ3n) is 10.5. The Balaban J connectivity index is 3.24. The molecule has 0 aromatic rings. The van der Waals surface area contributed by atoms with Crippen molar-refractivity contribution in [2.75, 3.05) is 47.0 Å². The minimum absolute atomic E-state index is 0.0257. The van der Waals surface area contributed by atoms with Gasteiger partial charge in [-0.2, -0.15) is 0 Å². The Labute approximate surface area is 390 Å². The second kappa shape index (κ2) is 38.0. The van der Waals surface area contributed by atoms with E-state index in [-0.39, 0.29) is 51.2 Å². The monoisotopic (exact) mass is 957 g/mol. The molecule has 8 atom stereocenters. The second-order valence-corrected chi connectivity index (χ2v) is 19.6. The van der Waals surface area contributed by atoms with E-state index in [1.807, 2.05) is 0 Å². The highest BCUT2D eigenvalue weighted by molar-refractivity contribution is 7.44. The fourth-order valence-corrected chi connectivity index (χ4v) is 8.14. The normalized spacial score (nSPS) is 20.5. The van der Waals surface area contributed by atoms with E-state index in [0.717, 1.165) is 51.4 Å². The SMILES string of the molecule is C=CCOC[P+](=O)C(OCC=C)O[C@H]1[C@H](OCC[C@@H](CCCCCCC)OC)[C@@H](NC(=O)CCCCCCCCC/C=C\CCCCCC)C(OC(=N)C(Cl)(Cl)Cl)O[C@@H]1COC. The molecule has 62 heavy (non-hydrogen) atoms. The van der Waals surface area contributed by atoms with Gasteiger partial charge in [-0.3, -0.25) is 10.2 Å². The summed E-state index contributed by atoms with van der Waals surface area (Å²) in [5.74, 6) is -0.992. The fraction of sp³-hybridized carbons (Fsp3) is 0.826. The molecular weight excluding hydrogens is 878 g/mol. The molecule has 2 N–H and O–H groups in total.